The third kappa shape index (κ3) is 5.25. The lowest BCUT2D eigenvalue weighted by molar-refractivity contribution is -0.501. The normalized spacial score (nSPS) is 14.9. The summed E-state index contributed by atoms with van der Waals surface area (Å²) in [4.78, 5) is 34.9. The lowest BCUT2D eigenvalue weighted by Gasteiger charge is -2.20. The molecule has 0 bridgehead atoms. The maximum atomic E-state index is 12.4. The van der Waals surface area contributed by atoms with Crippen molar-refractivity contribution in [3.63, 3.8) is 0 Å². The Hall–Kier alpha value is -4.72. The van der Waals surface area contributed by atoms with Crippen molar-refractivity contribution in [3.8, 4) is 22.3 Å². The van der Waals surface area contributed by atoms with Gasteiger partial charge in [0.15, 0.2) is 6.54 Å². The number of carbonyl (C=O) groups excluding carboxylic acids is 1. The van der Waals surface area contributed by atoms with E-state index in [0.717, 1.165) is 62.6 Å². The number of nitrogens with zero attached hydrogens (tertiary/aromatic N) is 5. The first-order valence-corrected chi connectivity index (χ1v) is 14.0. The number of rotatable bonds is 6. The molecule has 1 aliphatic rings. The van der Waals surface area contributed by atoms with Gasteiger partial charge in [-0.1, -0.05) is 50.6 Å². The summed E-state index contributed by atoms with van der Waals surface area (Å²) < 4.78 is 2.25. The summed E-state index contributed by atoms with van der Waals surface area (Å²) >= 11 is 0. The Balaban J connectivity index is 1.42. The first kappa shape index (κ1) is 26.5. The fourth-order valence-electron chi connectivity index (χ4n) is 5.64. The summed E-state index contributed by atoms with van der Waals surface area (Å²) in [7, 11) is 2.10. The van der Waals surface area contributed by atoms with E-state index >= 15 is 0 Å². The fourth-order valence-corrected chi connectivity index (χ4v) is 5.64. The van der Waals surface area contributed by atoms with Gasteiger partial charge in [-0.3, -0.25) is 19.7 Å². The molecule has 0 spiro atoms. The van der Waals surface area contributed by atoms with Crippen LogP contribution in [0.3, 0.4) is 0 Å². The van der Waals surface area contributed by atoms with Crippen LogP contribution in [0.4, 0.5) is 5.69 Å². The van der Waals surface area contributed by atoms with Crippen LogP contribution < -0.4 is 5.32 Å². The Kier molecular flexibility index (Phi) is 6.91. The molecule has 0 aliphatic carbocycles. The second kappa shape index (κ2) is 10.7. The Morgan fingerprint density at radius 3 is 2.63 bits per heavy atom. The third-order valence-electron chi connectivity index (χ3n) is 7.47. The summed E-state index contributed by atoms with van der Waals surface area (Å²) in [5, 5.41) is 2.98. The SMILES string of the molecule is Cc1cccc(-c2cncc3[nH]c(C4=[N+](C)CC(C)c5ncc(-c6cncc(NC(=O)CC(C)C)c6)cc54)nc23)c1. The molecule has 0 radical (unpaired) electrons. The molecule has 5 aromatic rings. The minimum absolute atomic E-state index is 0.0157. The van der Waals surface area contributed by atoms with Crippen molar-refractivity contribution in [1.29, 1.82) is 0 Å². The van der Waals surface area contributed by atoms with E-state index in [4.69, 9.17) is 9.97 Å². The Bertz CT molecular complexity index is 1820. The van der Waals surface area contributed by atoms with Gasteiger partial charge in [-0.15, -0.1) is 0 Å². The van der Waals surface area contributed by atoms with Crippen molar-refractivity contribution in [1.82, 2.24) is 24.9 Å². The molecule has 41 heavy (non-hydrogen) atoms. The molecule has 0 saturated heterocycles. The Labute approximate surface area is 239 Å². The van der Waals surface area contributed by atoms with E-state index in [0.29, 0.717) is 12.1 Å². The van der Waals surface area contributed by atoms with Gasteiger partial charge in [0.2, 0.25) is 11.7 Å². The molecule has 8 nitrogen and oxygen atoms in total. The molecule has 1 aromatic carbocycles. The summed E-state index contributed by atoms with van der Waals surface area (Å²) in [5.74, 6) is 1.30. The zero-order valence-electron chi connectivity index (χ0n) is 24.1. The average Bonchev–Trinajstić information content (AvgIpc) is 3.36. The van der Waals surface area contributed by atoms with Crippen molar-refractivity contribution < 1.29 is 9.37 Å². The van der Waals surface area contributed by atoms with Crippen LogP contribution in [0.25, 0.3) is 33.3 Å². The van der Waals surface area contributed by atoms with E-state index in [1.807, 2.05) is 38.5 Å². The quantitative estimate of drug-likeness (QED) is 0.257. The van der Waals surface area contributed by atoms with Gasteiger partial charge in [-0.05, 0) is 30.5 Å². The van der Waals surface area contributed by atoms with Crippen LogP contribution in [0.2, 0.25) is 0 Å². The molecule has 8 heteroatoms. The van der Waals surface area contributed by atoms with Crippen molar-refractivity contribution in [2.45, 2.75) is 40.0 Å². The van der Waals surface area contributed by atoms with Crippen LogP contribution in [-0.2, 0) is 4.79 Å². The van der Waals surface area contributed by atoms with Gasteiger partial charge >= 0.3 is 0 Å². The minimum atomic E-state index is -0.0157. The number of pyridine rings is 3. The highest BCUT2D eigenvalue weighted by molar-refractivity contribution is 6.11. The molecule has 206 valence electrons. The molecule has 1 atom stereocenters. The predicted molar refractivity (Wildman–Crippen MR) is 162 cm³/mol. The van der Waals surface area contributed by atoms with Crippen molar-refractivity contribution in [3.05, 3.63) is 90.0 Å². The first-order valence-electron chi connectivity index (χ1n) is 14.0. The maximum Gasteiger partial charge on any atom is 0.252 e. The maximum absolute atomic E-state index is 12.4. The molecule has 2 N–H and O–H groups in total. The lowest BCUT2D eigenvalue weighted by atomic mass is 9.92. The number of hydrogen-bond acceptors (Lipinski definition) is 5. The predicted octanol–water partition coefficient (Wildman–Crippen LogP) is 5.97. The standard InChI is InChI=1S/C33H33N7O/c1-19(2)9-29(41)37-25-11-23(13-34-15-25)24-12-26-30(36-14-24)21(4)18-40(5)32(26)33-38-28-17-35-16-27(31(28)39-33)22-8-6-7-20(3)10-22/h6-8,10-17,19,21H,9,18H2,1-5H3,(H,37,41)/p+1. The number of fused-ring (bicyclic) bond motifs is 2. The lowest BCUT2D eigenvalue weighted by Crippen LogP contribution is -2.31. The van der Waals surface area contributed by atoms with Crippen LogP contribution in [-0.4, -0.2) is 54.7 Å². The molecule has 6 rings (SSSR count). The summed E-state index contributed by atoms with van der Waals surface area (Å²) in [6.07, 6.45) is 9.55. The molecular weight excluding hydrogens is 510 g/mol. The van der Waals surface area contributed by atoms with Crippen molar-refractivity contribution >= 4 is 28.3 Å². The van der Waals surface area contributed by atoms with Crippen LogP contribution in [0.5, 0.6) is 0 Å². The number of aromatic nitrogens is 5. The molecule has 1 unspecified atom stereocenters. The van der Waals surface area contributed by atoms with Crippen molar-refractivity contribution in [2.24, 2.45) is 5.92 Å². The van der Waals surface area contributed by atoms with Crippen molar-refractivity contribution in [2.75, 3.05) is 18.9 Å². The van der Waals surface area contributed by atoms with E-state index in [2.05, 4.69) is 76.1 Å². The Morgan fingerprint density at radius 1 is 1.02 bits per heavy atom. The van der Waals surface area contributed by atoms with E-state index in [-0.39, 0.29) is 17.7 Å². The summed E-state index contributed by atoms with van der Waals surface area (Å²) in [6, 6.07) is 12.5. The highest BCUT2D eigenvalue weighted by Gasteiger charge is 2.33. The number of imidazole rings is 1. The first-order chi connectivity index (χ1) is 19.8. The van der Waals surface area contributed by atoms with Crippen LogP contribution in [0.15, 0.2) is 67.4 Å². The van der Waals surface area contributed by atoms with E-state index < -0.39 is 0 Å². The van der Waals surface area contributed by atoms with E-state index in [9.17, 15) is 4.79 Å². The number of anilines is 1. The number of H-pyrrole nitrogens is 1. The molecule has 0 fully saturated rings. The molecule has 1 aliphatic heterocycles. The minimum Gasteiger partial charge on any atom is -0.332 e. The van der Waals surface area contributed by atoms with Gasteiger partial charge in [-0.25, -0.2) is 9.56 Å². The second-order valence-corrected chi connectivity index (χ2v) is 11.4. The van der Waals surface area contributed by atoms with Gasteiger partial charge in [0.25, 0.3) is 5.71 Å². The molecule has 4 aromatic heterocycles. The van der Waals surface area contributed by atoms with Crippen LogP contribution in [0, 0.1) is 12.8 Å². The number of hydrogen-bond donors (Lipinski definition) is 2. The average molecular weight is 545 g/mol. The van der Waals surface area contributed by atoms with Gasteiger partial charge in [0.05, 0.1) is 40.8 Å². The highest BCUT2D eigenvalue weighted by Crippen LogP contribution is 2.32. The van der Waals surface area contributed by atoms with Gasteiger partial charge in [0.1, 0.15) is 12.6 Å². The topological polar surface area (TPSA) is 99.5 Å². The number of aryl methyl sites for hydroxylation is 1. The monoisotopic (exact) mass is 544 g/mol. The summed E-state index contributed by atoms with van der Waals surface area (Å²) in [5.41, 5.74) is 10.6. The van der Waals surface area contributed by atoms with E-state index in [1.54, 1.807) is 12.4 Å². The van der Waals surface area contributed by atoms with Gasteiger partial charge < -0.3 is 10.3 Å². The molecule has 1 amide bonds. The fraction of sp³-hybridized carbons (Fsp3) is 0.273. The zero-order valence-corrected chi connectivity index (χ0v) is 24.1. The molecule has 5 heterocycles. The number of carbonyl (C=O) groups is 1. The molecule has 0 saturated carbocycles. The largest absolute Gasteiger partial charge is 0.332 e. The smallest absolute Gasteiger partial charge is 0.252 e. The molecular formula is C33H34N7O+. The number of aromatic amines is 1. The van der Waals surface area contributed by atoms with Crippen LogP contribution >= 0.6 is 0 Å². The van der Waals surface area contributed by atoms with Gasteiger partial charge in [-0.2, -0.15) is 0 Å². The highest BCUT2D eigenvalue weighted by atomic mass is 16.1. The van der Waals surface area contributed by atoms with E-state index in [1.165, 1.54) is 5.56 Å². The second-order valence-electron chi connectivity index (χ2n) is 11.4. The summed E-state index contributed by atoms with van der Waals surface area (Å²) in [6.45, 7) is 9.17. The number of likely N-dealkylation sites (N-methyl/N-ethyl adjacent to an activating group) is 1. The zero-order chi connectivity index (χ0) is 28.7. The van der Waals surface area contributed by atoms with Crippen LogP contribution in [0.1, 0.15) is 55.8 Å². The third-order valence-corrected chi connectivity index (χ3v) is 7.47. The number of nitrogens with one attached hydrogen (secondary N) is 2. The Morgan fingerprint density at radius 2 is 1.83 bits per heavy atom. The van der Waals surface area contributed by atoms with Gasteiger partial charge in [0, 0.05) is 41.7 Å². The number of amides is 1. The number of benzene rings is 1.